The van der Waals surface area contributed by atoms with Crippen molar-refractivity contribution in [3.63, 3.8) is 0 Å². The lowest BCUT2D eigenvalue weighted by molar-refractivity contribution is -0.115. The van der Waals surface area contributed by atoms with Gasteiger partial charge in [-0.1, -0.05) is 31.0 Å². The Hall–Kier alpha value is -3.06. The van der Waals surface area contributed by atoms with Gasteiger partial charge in [-0.05, 0) is 54.8 Å². The predicted octanol–water partition coefficient (Wildman–Crippen LogP) is 4.23. The fraction of sp³-hybridized carbons (Fsp3) is 0.500. The normalized spacial score (nSPS) is 14.4. The minimum atomic E-state index is -0.149. The van der Waals surface area contributed by atoms with Crippen LogP contribution in [0.5, 0.6) is 0 Å². The molecule has 0 saturated heterocycles. The standard InChI is InChI=1S/C22H27N7O2S/c1-15-16(2)28(14-18-9-6-11-31-18)21(19(15)13-23)24-20(30)10-12-32-22-25-26-27-29(22)17-7-4-3-5-8-17/h6,9,11,17H,3-5,7-8,10,12,14H2,1-2H3,(H,24,30). The van der Waals surface area contributed by atoms with Crippen molar-refractivity contribution in [2.75, 3.05) is 11.1 Å². The second kappa shape index (κ2) is 10.0. The highest BCUT2D eigenvalue weighted by Crippen LogP contribution is 2.31. The van der Waals surface area contributed by atoms with Crippen LogP contribution in [0.4, 0.5) is 5.82 Å². The topological polar surface area (TPSA) is 115 Å². The molecule has 9 nitrogen and oxygen atoms in total. The van der Waals surface area contributed by atoms with Crippen LogP contribution in [0.1, 0.15) is 67.1 Å². The third-order valence-corrected chi connectivity index (χ3v) is 6.97. The summed E-state index contributed by atoms with van der Waals surface area (Å²) in [6.07, 6.45) is 7.78. The summed E-state index contributed by atoms with van der Waals surface area (Å²) in [5.74, 6) is 1.68. The van der Waals surface area contributed by atoms with E-state index < -0.39 is 0 Å². The van der Waals surface area contributed by atoms with Gasteiger partial charge in [-0.25, -0.2) is 4.68 Å². The first-order valence-electron chi connectivity index (χ1n) is 10.9. The van der Waals surface area contributed by atoms with Gasteiger partial charge in [0.1, 0.15) is 17.6 Å². The van der Waals surface area contributed by atoms with E-state index in [9.17, 15) is 10.1 Å². The molecule has 4 rings (SSSR count). The molecule has 0 aromatic carbocycles. The van der Waals surface area contributed by atoms with Crippen LogP contribution in [0.25, 0.3) is 0 Å². The van der Waals surface area contributed by atoms with Crippen molar-refractivity contribution in [3.8, 4) is 6.07 Å². The SMILES string of the molecule is Cc1c(C#N)c(NC(=O)CCSc2nnnn2C2CCCCC2)n(Cc2ccco2)c1C. The van der Waals surface area contributed by atoms with Crippen molar-refractivity contribution in [2.45, 2.75) is 70.1 Å². The van der Waals surface area contributed by atoms with Crippen LogP contribution in [0, 0.1) is 25.2 Å². The van der Waals surface area contributed by atoms with Crippen LogP contribution in [0.3, 0.4) is 0 Å². The molecular formula is C22H27N7O2S. The van der Waals surface area contributed by atoms with Crippen molar-refractivity contribution in [1.82, 2.24) is 24.8 Å². The van der Waals surface area contributed by atoms with Crippen molar-refractivity contribution in [2.24, 2.45) is 0 Å². The van der Waals surface area contributed by atoms with Gasteiger partial charge in [-0.15, -0.1) is 5.10 Å². The van der Waals surface area contributed by atoms with Crippen LogP contribution in [-0.4, -0.2) is 36.4 Å². The number of hydrogen-bond acceptors (Lipinski definition) is 7. The van der Waals surface area contributed by atoms with Crippen molar-refractivity contribution < 1.29 is 9.21 Å². The first kappa shape index (κ1) is 22.1. The van der Waals surface area contributed by atoms with Crippen LogP contribution in [-0.2, 0) is 11.3 Å². The number of carbonyl (C=O) groups excluding carboxylic acids is 1. The quantitative estimate of drug-likeness (QED) is 0.508. The summed E-state index contributed by atoms with van der Waals surface area (Å²) < 4.78 is 9.29. The fourth-order valence-electron chi connectivity index (χ4n) is 4.15. The zero-order valence-corrected chi connectivity index (χ0v) is 19.2. The van der Waals surface area contributed by atoms with E-state index in [4.69, 9.17) is 4.42 Å². The molecule has 3 aromatic rings. The largest absolute Gasteiger partial charge is 0.467 e. The summed E-state index contributed by atoms with van der Waals surface area (Å²) in [7, 11) is 0. The molecule has 3 aromatic heterocycles. The lowest BCUT2D eigenvalue weighted by Crippen LogP contribution is -2.18. The van der Waals surface area contributed by atoms with E-state index >= 15 is 0 Å². The van der Waals surface area contributed by atoms with E-state index in [0.717, 1.165) is 35.0 Å². The summed E-state index contributed by atoms with van der Waals surface area (Å²) in [6, 6.07) is 6.28. The number of furan rings is 1. The number of rotatable bonds is 8. The Balaban J connectivity index is 1.40. The van der Waals surface area contributed by atoms with Gasteiger partial charge in [0.15, 0.2) is 0 Å². The molecule has 1 saturated carbocycles. The number of amides is 1. The Bertz CT molecular complexity index is 1100. The van der Waals surface area contributed by atoms with Gasteiger partial charge in [0.05, 0.1) is 24.4 Å². The van der Waals surface area contributed by atoms with E-state index in [-0.39, 0.29) is 12.3 Å². The average molecular weight is 454 g/mol. The second-order valence-corrected chi connectivity index (χ2v) is 9.12. The first-order chi connectivity index (χ1) is 15.6. The molecule has 0 unspecified atom stereocenters. The van der Waals surface area contributed by atoms with Gasteiger partial charge in [0.2, 0.25) is 11.1 Å². The van der Waals surface area contributed by atoms with Gasteiger partial charge in [-0.3, -0.25) is 4.79 Å². The van der Waals surface area contributed by atoms with Gasteiger partial charge in [-0.2, -0.15) is 5.26 Å². The van der Waals surface area contributed by atoms with Crippen LogP contribution in [0.2, 0.25) is 0 Å². The van der Waals surface area contributed by atoms with E-state index in [1.165, 1.54) is 31.0 Å². The Morgan fingerprint density at radius 3 is 2.88 bits per heavy atom. The molecule has 3 heterocycles. The maximum absolute atomic E-state index is 12.7. The molecule has 32 heavy (non-hydrogen) atoms. The lowest BCUT2D eigenvalue weighted by Gasteiger charge is -2.21. The fourth-order valence-corrected chi connectivity index (χ4v) is 5.03. The molecule has 10 heteroatoms. The Morgan fingerprint density at radius 2 is 2.16 bits per heavy atom. The average Bonchev–Trinajstić information content (AvgIpc) is 3.53. The minimum absolute atomic E-state index is 0.149. The third kappa shape index (κ3) is 4.72. The molecule has 1 fully saturated rings. The van der Waals surface area contributed by atoms with Crippen molar-refractivity contribution >= 4 is 23.5 Å². The molecule has 0 spiro atoms. The minimum Gasteiger partial charge on any atom is -0.467 e. The third-order valence-electron chi connectivity index (χ3n) is 6.04. The summed E-state index contributed by atoms with van der Waals surface area (Å²) >= 11 is 1.49. The van der Waals surface area contributed by atoms with Gasteiger partial charge >= 0.3 is 0 Å². The summed E-state index contributed by atoms with van der Waals surface area (Å²) in [5.41, 5.74) is 2.26. The lowest BCUT2D eigenvalue weighted by atomic mass is 9.96. The number of tetrazole rings is 1. The summed E-state index contributed by atoms with van der Waals surface area (Å²) in [4.78, 5) is 12.7. The number of hydrogen-bond donors (Lipinski definition) is 1. The molecule has 0 bridgehead atoms. The number of carbonyl (C=O) groups is 1. The molecule has 0 radical (unpaired) electrons. The second-order valence-electron chi connectivity index (χ2n) is 8.06. The highest BCUT2D eigenvalue weighted by Gasteiger charge is 2.22. The summed E-state index contributed by atoms with van der Waals surface area (Å²) in [5, 5.41) is 25.5. The Labute approximate surface area is 191 Å². The first-order valence-corrected chi connectivity index (χ1v) is 11.9. The molecule has 1 aliphatic carbocycles. The Kier molecular flexibility index (Phi) is 6.95. The van der Waals surface area contributed by atoms with Crippen molar-refractivity contribution in [3.05, 3.63) is 41.0 Å². The number of anilines is 1. The van der Waals surface area contributed by atoms with E-state index in [0.29, 0.717) is 29.7 Å². The maximum Gasteiger partial charge on any atom is 0.226 e. The number of thioether (sulfide) groups is 1. The van der Waals surface area contributed by atoms with Crippen LogP contribution < -0.4 is 5.32 Å². The highest BCUT2D eigenvalue weighted by atomic mass is 32.2. The number of nitriles is 1. The van der Waals surface area contributed by atoms with E-state index in [1.807, 2.05) is 35.2 Å². The molecular weight excluding hydrogens is 426 g/mol. The summed E-state index contributed by atoms with van der Waals surface area (Å²) in [6.45, 7) is 4.28. The van der Waals surface area contributed by atoms with E-state index in [1.54, 1.807) is 6.26 Å². The number of nitrogens with zero attached hydrogens (tertiary/aromatic N) is 6. The molecule has 168 valence electrons. The predicted molar refractivity (Wildman–Crippen MR) is 120 cm³/mol. The van der Waals surface area contributed by atoms with Gasteiger partial charge in [0.25, 0.3) is 0 Å². The molecule has 1 N–H and O–H groups in total. The van der Waals surface area contributed by atoms with Crippen LogP contribution in [0.15, 0.2) is 28.0 Å². The Morgan fingerprint density at radius 1 is 1.34 bits per heavy atom. The molecule has 1 aliphatic rings. The van der Waals surface area contributed by atoms with Crippen LogP contribution >= 0.6 is 11.8 Å². The van der Waals surface area contributed by atoms with Gasteiger partial charge < -0.3 is 14.3 Å². The zero-order valence-electron chi connectivity index (χ0n) is 18.4. The van der Waals surface area contributed by atoms with Crippen molar-refractivity contribution in [1.29, 1.82) is 5.26 Å². The maximum atomic E-state index is 12.7. The molecule has 0 aliphatic heterocycles. The van der Waals surface area contributed by atoms with E-state index in [2.05, 4.69) is 26.9 Å². The molecule has 1 amide bonds. The smallest absolute Gasteiger partial charge is 0.226 e. The monoisotopic (exact) mass is 453 g/mol. The van der Waals surface area contributed by atoms with Gasteiger partial charge in [0, 0.05) is 17.9 Å². The zero-order chi connectivity index (χ0) is 22.5. The number of aromatic nitrogens is 5. The highest BCUT2D eigenvalue weighted by molar-refractivity contribution is 7.99. The number of nitrogens with one attached hydrogen (secondary N) is 1. The molecule has 0 atom stereocenters.